The van der Waals surface area contributed by atoms with Crippen LogP contribution in [0.3, 0.4) is 0 Å². The minimum atomic E-state index is -3.48. The van der Waals surface area contributed by atoms with Gasteiger partial charge in [-0.3, -0.25) is 9.36 Å². The second-order valence-corrected chi connectivity index (χ2v) is 9.52. The molecule has 27 heavy (non-hydrogen) atoms. The van der Waals surface area contributed by atoms with E-state index in [0.717, 1.165) is 0 Å². The molecule has 1 aromatic rings. The maximum absolute atomic E-state index is 13.2. The molecule has 0 aromatic carbocycles. The first-order valence-electron chi connectivity index (χ1n) is 8.73. The lowest BCUT2D eigenvalue weighted by atomic mass is 9.76. The van der Waals surface area contributed by atoms with Crippen LogP contribution < -0.4 is 10.2 Å². The molecule has 8 nitrogen and oxygen atoms in total. The number of hydrogen-bond acceptors (Lipinski definition) is 7. The minimum absolute atomic E-state index is 0.0419. The number of ether oxygens (including phenoxy) is 2. The van der Waals surface area contributed by atoms with Gasteiger partial charge in [0.1, 0.15) is 6.10 Å². The van der Waals surface area contributed by atoms with E-state index in [0.29, 0.717) is 16.7 Å². The van der Waals surface area contributed by atoms with Crippen molar-refractivity contribution in [2.45, 2.75) is 39.5 Å². The molecule has 0 aliphatic carbocycles. The molecule has 0 spiro atoms. The fourth-order valence-electron chi connectivity index (χ4n) is 3.60. The Morgan fingerprint density at radius 1 is 1.33 bits per heavy atom. The van der Waals surface area contributed by atoms with E-state index in [1.807, 2.05) is 0 Å². The molecule has 0 bridgehead atoms. The van der Waals surface area contributed by atoms with Crippen LogP contribution in [0.25, 0.3) is 0 Å². The maximum Gasteiger partial charge on any atom is 0.331 e. The molecule has 0 saturated heterocycles. The number of methoxy groups -OCH3 is 2. The lowest BCUT2D eigenvalue weighted by Gasteiger charge is -2.46. The number of fused-ring (bicyclic) bond motifs is 1. The van der Waals surface area contributed by atoms with Gasteiger partial charge in [0.2, 0.25) is 5.43 Å². The normalized spacial score (nSPS) is 25.3. The largest absolute Gasteiger partial charge is 0.491 e. The molecule has 2 heterocycles. The van der Waals surface area contributed by atoms with Gasteiger partial charge in [-0.05, 0) is 29.8 Å². The van der Waals surface area contributed by atoms with Crippen molar-refractivity contribution in [1.29, 1.82) is 0 Å². The van der Waals surface area contributed by atoms with Crippen LogP contribution in [0.1, 0.15) is 32.6 Å². The monoisotopic (exact) mass is 467 g/mol. The van der Waals surface area contributed by atoms with E-state index in [4.69, 9.17) is 18.5 Å². The molecule has 154 valence electrons. The van der Waals surface area contributed by atoms with Crippen LogP contribution in [0.4, 0.5) is 0 Å². The van der Waals surface area contributed by atoms with Crippen molar-refractivity contribution in [3.63, 3.8) is 0 Å². The number of halogens is 1. The lowest BCUT2D eigenvalue weighted by molar-refractivity contribution is -0.0975. The number of aliphatic hydroxyl groups excluding tert-OH is 1. The Balaban J connectivity index is 2.59. The molecule has 10 heteroatoms. The van der Waals surface area contributed by atoms with E-state index in [9.17, 15) is 14.5 Å². The zero-order valence-corrected chi connectivity index (χ0v) is 18.7. The summed E-state index contributed by atoms with van der Waals surface area (Å²) in [5.41, 5.74) is -1.07. The Hall–Kier alpha value is -0.700. The molecule has 1 aromatic heterocycles. The summed E-state index contributed by atoms with van der Waals surface area (Å²) >= 11 is 3.23. The van der Waals surface area contributed by atoms with Crippen molar-refractivity contribution < 1.29 is 28.2 Å². The first-order chi connectivity index (χ1) is 12.7. The Labute approximate surface area is 167 Å². The van der Waals surface area contributed by atoms with Gasteiger partial charge in [-0.25, -0.2) is 0 Å². The third-order valence-corrected chi connectivity index (χ3v) is 7.83. The molecular formula is C17H27BrNO7P. The van der Waals surface area contributed by atoms with E-state index in [1.165, 1.54) is 14.2 Å². The SMILES string of the molecule is CCOP(=O)(CC1(C)C(OC)Cn2cc(Br)c(=O)c(OC)c2C1O)OCC. The summed E-state index contributed by atoms with van der Waals surface area (Å²) in [5, 5.41) is 11.2. The van der Waals surface area contributed by atoms with E-state index in [-0.39, 0.29) is 30.6 Å². The number of aromatic nitrogens is 1. The topological polar surface area (TPSA) is 96.2 Å². The molecule has 1 N–H and O–H groups in total. The summed E-state index contributed by atoms with van der Waals surface area (Å²) in [7, 11) is -0.569. The number of aliphatic hydroxyl groups is 1. The highest BCUT2D eigenvalue weighted by Crippen LogP contribution is 2.58. The van der Waals surface area contributed by atoms with Crippen molar-refractivity contribution in [3.8, 4) is 5.75 Å². The van der Waals surface area contributed by atoms with Crippen molar-refractivity contribution in [2.75, 3.05) is 33.6 Å². The Morgan fingerprint density at radius 2 is 1.93 bits per heavy atom. The minimum Gasteiger partial charge on any atom is -0.491 e. The first kappa shape index (κ1) is 22.6. The summed E-state index contributed by atoms with van der Waals surface area (Å²) in [5.74, 6) is 0.0419. The number of pyridine rings is 1. The lowest BCUT2D eigenvalue weighted by Crippen LogP contribution is -2.50. The molecule has 0 radical (unpaired) electrons. The van der Waals surface area contributed by atoms with Crippen molar-refractivity contribution >= 4 is 23.5 Å². The molecule has 0 fully saturated rings. The summed E-state index contributed by atoms with van der Waals surface area (Å²) in [6, 6.07) is 0. The Morgan fingerprint density at radius 3 is 2.41 bits per heavy atom. The average Bonchev–Trinajstić information content (AvgIpc) is 2.60. The fourth-order valence-corrected chi connectivity index (χ4v) is 6.28. The van der Waals surface area contributed by atoms with Crippen LogP contribution >= 0.6 is 23.5 Å². The standard InChI is InChI=1S/C17H27BrNO7P/c1-6-25-27(22,26-7-2)10-17(3)12(23-4)9-19-8-11(18)14(20)15(24-5)13(19)16(17)21/h8,12,16,21H,6-7,9-10H2,1-5H3. The third kappa shape index (κ3) is 4.18. The van der Waals surface area contributed by atoms with Crippen molar-refractivity contribution in [3.05, 3.63) is 26.6 Å². The van der Waals surface area contributed by atoms with Gasteiger partial charge in [0.15, 0.2) is 5.75 Å². The second kappa shape index (κ2) is 8.76. The van der Waals surface area contributed by atoms with E-state index < -0.39 is 25.2 Å². The van der Waals surface area contributed by atoms with Crippen LogP contribution in [0, 0.1) is 5.41 Å². The smallest absolute Gasteiger partial charge is 0.331 e. The van der Waals surface area contributed by atoms with Gasteiger partial charge in [-0.1, -0.05) is 6.92 Å². The van der Waals surface area contributed by atoms with Crippen LogP contribution in [0.5, 0.6) is 5.75 Å². The van der Waals surface area contributed by atoms with Gasteiger partial charge in [0.05, 0.1) is 42.8 Å². The van der Waals surface area contributed by atoms with Crippen molar-refractivity contribution in [1.82, 2.24) is 4.57 Å². The quantitative estimate of drug-likeness (QED) is 0.587. The van der Waals surface area contributed by atoms with Crippen LogP contribution in [-0.4, -0.2) is 49.4 Å². The van der Waals surface area contributed by atoms with Gasteiger partial charge >= 0.3 is 7.60 Å². The summed E-state index contributed by atoms with van der Waals surface area (Å²) < 4.78 is 37.0. The highest BCUT2D eigenvalue weighted by Gasteiger charge is 2.52. The molecule has 3 unspecified atom stereocenters. The Bertz CT molecular complexity index is 773. The predicted molar refractivity (Wildman–Crippen MR) is 105 cm³/mol. The summed E-state index contributed by atoms with van der Waals surface area (Å²) in [4.78, 5) is 12.4. The van der Waals surface area contributed by atoms with Crippen LogP contribution in [-0.2, 0) is 24.9 Å². The van der Waals surface area contributed by atoms with Gasteiger partial charge in [0.25, 0.3) is 0 Å². The molecule has 2 rings (SSSR count). The van der Waals surface area contributed by atoms with Gasteiger partial charge in [0, 0.05) is 25.3 Å². The van der Waals surface area contributed by atoms with E-state index in [2.05, 4.69) is 15.9 Å². The zero-order valence-electron chi connectivity index (χ0n) is 16.2. The maximum atomic E-state index is 13.2. The molecular weight excluding hydrogens is 441 g/mol. The predicted octanol–water partition coefficient (Wildman–Crippen LogP) is 2.95. The van der Waals surface area contributed by atoms with Crippen LogP contribution in [0.15, 0.2) is 15.5 Å². The zero-order chi connectivity index (χ0) is 20.4. The van der Waals surface area contributed by atoms with E-state index in [1.54, 1.807) is 31.5 Å². The summed E-state index contributed by atoms with van der Waals surface area (Å²) in [6.07, 6.45) is -0.136. The number of hydrogen-bond donors (Lipinski definition) is 1. The molecule has 1 aliphatic heterocycles. The molecule has 0 amide bonds. The molecule has 0 saturated carbocycles. The van der Waals surface area contributed by atoms with Crippen molar-refractivity contribution in [2.24, 2.45) is 5.41 Å². The Kier molecular flexibility index (Phi) is 7.33. The summed E-state index contributed by atoms with van der Waals surface area (Å²) in [6.45, 7) is 5.99. The van der Waals surface area contributed by atoms with Gasteiger partial charge < -0.3 is 28.2 Å². The van der Waals surface area contributed by atoms with Gasteiger partial charge in [-0.15, -0.1) is 0 Å². The van der Waals surface area contributed by atoms with Gasteiger partial charge in [-0.2, -0.15) is 0 Å². The molecule has 1 aliphatic rings. The van der Waals surface area contributed by atoms with E-state index >= 15 is 0 Å². The fraction of sp³-hybridized carbons (Fsp3) is 0.706. The number of nitrogens with zero attached hydrogens (tertiary/aromatic N) is 1. The highest BCUT2D eigenvalue weighted by molar-refractivity contribution is 9.10. The van der Waals surface area contributed by atoms with Crippen LogP contribution in [0.2, 0.25) is 0 Å². The third-order valence-electron chi connectivity index (χ3n) is 4.89. The second-order valence-electron chi connectivity index (χ2n) is 6.61. The average molecular weight is 468 g/mol. The number of rotatable bonds is 8. The first-order valence-corrected chi connectivity index (χ1v) is 11.2. The molecule has 3 atom stereocenters. The highest BCUT2D eigenvalue weighted by atomic mass is 79.9.